The largest absolute Gasteiger partial charge is 0.450 e. The van der Waals surface area contributed by atoms with Gasteiger partial charge in [-0.15, -0.1) is 0 Å². The van der Waals surface area contributed by atoms with Crippen molar-refractivity contribution in [3.63, 3.8) is 0 Å². The van der Waals surface area contributed by atoms with Gasteiger partial charge in [0.1, 0.15) is 0 Å². The number of amides is 1. The van der Waals surface area contributed by atoms with E-state index < -0.39 is 0 Å². The van der Waals surface area contributed by atoms with E-state index in [2.05, 4.69) is 22.8 Å². The fourth-order valence-electron chi connectivity index (χ4n) is 1.81. The number of alkyl carbamates (subject to hydrolysis) is 1. The van der Waals surface area contributed by atoms with Gasteiger partial charge in [0.15, 0.2) is 0 Å². The van der Waals surface area contributed by atoms with Crippen LogP contribution in [0.2, 0.25) is 0 Å². The summed E-state index contributed by atoms with van der Waals surface area (Å²) >= 11 is 0. The zero-order valence-corrected chi connectivity index (χ0v) is 9.38. The Kier molecular flexibility index (Phi) is 3.41. The Balaban J connectivity index is 1.93. The van der Waals surface area contributed by atoms with Gasteiger partial charge in [0.05, 0.1) is 6.61 Å². The van der Waals surface area contributed by atoms with E-state index in [1.54, 1.807) is 6.92 Å². The Bertz CT molecular complexity index is 391. The quantitative estimate of drug-likeness (QED) is 0.812. The molecular formula is C12H16N2O2. The summed E-state index contributed by atoms with van der Waals surface area (Å²) in [5, 5.41) is 6.00. The topological polar surface area (TPSA) is 50.4 Å². The van der Waals surface area contributed by atoms with Crippen molar-refractivity contribution in [1.29, 1.82) is 0 Å². The van der Waals surface area contributed by atoms with Gasteiger partial charge in [-0.05, 0) is 23.6 Å². The molecule has 0 saturated carbocycles. The van der Waals surface area contributed by atoms with E-state index >= 15 is 0 Å². The minimum absolute atomic E-state index is 0.360. The van der Waals surface area contributed by atoms with E-state index in [1.807, 2.05) is 6.07 Å². The van der Waals surface area contributed by atoms with Crippen LogP contribution in [0.3, 0.4) is 0 Å². The van der Waals surface area contributed by atoms with Crippen LogP contribution >= 0.6 is 0 Å². The Hall–Kier alpha value is -1.55. The molecule has 0 radical (unpaired) electrons. The molecule has 86 valence electrons. The highest BCUT2D eigenvalue weighted by Gasteiger charge is 2.10. The number of hydrogen-bond donors (Lipinski definition) is 2. The maximum absolute atomic E-state index is 11.1. The number of ether oxygens (including phenoxy) is 1. The SMILES string of the molecule is CCOC(=O)NCc1ccc2c(c1)CNC2. The molecule has 1 aromatic carbocycles. The smallest absolute Gasteiger partial charge is 0.407 e. The second kappa shape index (κ2) is 4.99. The monoisotopic (exact) mass is 220 g/mol. The molecular weight excluding hydrogens is 204 g/mol. The van der Waals surface area contributed by atoms with Gasteiger partial charge in [0, 0.05) is 19.6 Å². The molecule has 0 atom stereocenters. The molecule has 1 heterocycles. The third-order valence-electron chi connectivity index (χ3n) is 2.61. The number of hydrogen-bond acceptors (Lipinski definition) is 3. The van der Waals surface area contributed by atoms with Crippen LogP contribution in [0.25, 0.3) is 0 Å². The van der Waals surface area contributed by atoms with Crippen LogP contribution in [0.4, 0.5) is 4.79 Å². The van der Waals surface area contributed by atoms with E-state index in [4.69, 9.17) is 4.74 Å². The van der Waals surface area contributed by atoms with Crippen LogP contribution in [0.1, 0.15) is 23.6 Å². The summed E-state index contributed by atoms with van der Waals surface area (Å²) < 4.78 is 4.79. The first-order valence-corrected chi connectivity index (χ1v) is 5.51. The standard InChI is InChI=1S/C12H16N2O2/c1-2-16-12(15)14-6-9-3-4-10-7-13-8-11(10)5-9/h3-5,13H,2,6-8H2,1H3,(H,14,15). The number of nitrogens with one attached hydrogen (secondary N) is 2. The van der Waals surface area contributed by atoms with Crippen LogP contribution in [-0.4, -0.2) is 12.7 Å². The van der Waals surface area contributed by atoms with Gasteiger partial charge in [-0.1, -0.05) is 18.2 Å². The maximum atomic E-state index is 11.1. The molecule has 0 aromatic heterocycles. The molecule has 0 unspecified atom stereocenters. The summed E-state index contributed by atoms with van der Waals surface area (Å²) in [6.07, 6.45) is -0.360. The predicted molar refractivity (Wildman–Crippen MR) is 60.8 cm³/mol. The Labute approximate surface area is 95.0 Å². The number of benzene rings is 1. The van der Waals surface area contributed by atoms with E-state index in [0.717, 1.165) is 18.7 Å². The zero-order valence-electron chi connectivity index (χ0n) is 9.38. The molecule has 16 heavy (non-hydrogen) atoms. The highest BCUT2D eigenvalue weighted by atomic mass is 16.5. The average molecular weight is 220 g/mol. The molecule has 0 saturated heterocycles. The first-order chi connectivity index (χ1) is 7.79. The van der Waals surface area contributed by atoms with Crippen LogP contribution in [-0.2, 0) is 24.4 Å². The molecule has 2 rings (SSSR count). The van der Waals surface area contributed by atoms with Crippen LogP contribution < -0.4 is 10.6 Å². The molecule has 1 aromatic rings. The third kappa shape index (κ3) is 2.52. The molecule has 0 aliphatic carbocycles. The molecule has 0 fully saturated rings. The van der Waals surface area contributed by atoms with Crippen molar-refractivity contribution in [3.8, 4) is 0 Å². The lowest BCUT2D eigenvalue weighted by Crippen LogP contribution is -2.23. The van der Waals surface area contributed by atoms with Crippen molar-refractivity contribution >= 4 is 6.09 Å². The molecule has 1 amide bonds. The summed E-state index contributed by atoms with van der Waals surface area (Å²) in [5.74, 6) is 0. The van der Waals surface area contributed by atoms with Gasteiger partial charge < -0.3 is 15.4 Å². The summed E-state index contributed by atoms with van der Waals surface area (Å²) in [7, 11) is 0. The van der Waals surface area contributed by atoms with Crippen molar-refractivity contribution < 1.29 is 9.53 Å². The highest BCUT2D eigenvalue weighted by molar-refractivity contribution is 5.67. The van der Waals surface area contributed by atoms with Crippen LogP contribution in [0, 0.1) is 0 Å². The lowest BCUT2D eigenvalue weighted by atomic mass is 10.1. The van der Waals surface area contributed by atoms with Crippen molar-refractivity contribution in [2.75, 3.05) is 6.61 Å². The summed E-state index contributed by atoms with van der Waals surface area (Å²) in [4.78, 5) is 11.1. The molecule has 2 N–H and O–H groups in total. The number of fused-ring (bicyclic) bond motifs is 1. The second-order valence-electron chi connectivity index (χ2n) is 3.78. The first-order valence-electron chi connectivity index (χ1n) is 5.51. The van der Waals surface area contributed by atoms with E-state index in [1.165, 1.54) is 11.1 Å². The van der Waals surface area contributed by atoms with E-state index in [9.17, 15) is 4.79 Å². The number of carbonyl (C=O) groups is 1. The van der Waals surface area contributed by atoms with E-state index in [0.29, 0.717) is 13.2 Å². The fourth-order valence-corrected chi connectivity index (χ4v) is 1.81. The molecule has 4 heteroatoms. The predicted octanol–water partition coefficient (Wildman–Crippen LogP) is 1.54. The van der Waals surface area contributed by atoms with Gasteiger partial charge >= 0.3 is 6.09 Å². The number of carbonyl (C=O) groups excluding carboxylic acids is 1. The van der Waals surface area contributed by atoms with Gasteiger partial charge in [0.2, 0.25) is 0 Å². The van der Waals surface area contributed by atoms with Gasteiger partial charge in [-0.2, -0.15) is 0 Å². The van der Waals surface area contributed by atoms with Gasteiger partial charge in [0.25, 0.3) is 0 Å². The third-order valence-corrected chi connectivity index (χ3v) is 2.61. The van der Waals surface area contributed by atoms with Crippen LogP contribution in [0.5, 0.6) is 0 Å². The minimum Gasteiger partial charge on any atom is -0.450 e. The average Bonchev–Trinajstić information content (AvgIpc) is 2.74. The lowest BCUT2D eigenvalue weighted by Gasteiger charge is -2.06. The minimum atomic E-state index is -0.360. The molecule has 0 bridgehead atoms. The van der Waals surface area contributed by atoms with Crippen molar-refractivity contribution in [2.45, 2.75) is 26.6 Å². The lowest BCUT2D eigenvalue weighted by molar-refractivity contribution is 0.151. The van der Waals surface area contributed by atoms with Gasteiger partial charge in [-0.3, -0.25) is 0 Å². The zero-order chi connectivity index (χ0) is 11.4. The summed E-state index contributed by atoms with van der Waals surface area (Å²) in [6, 6.07) is 6.27. The molecule has 1 aliphatic heterocycles. The van der Waals surface area contributed by atoms with Crippen molar-refractivity contribution in [2.24, 2.45) is 0 Å². The van der Waals surface area contributed by atoms with Crippen LogP contribution in [0.15, 0.2) is 18.2 Å². The molecule has 1 aliphatic rings. The summed E-state index contributed by atoms with van der Waals surface area (Å²) in [6.45, 7) is 4.58. The molecule has 4 nitrogen and oxygen atoms in total. The Morgan fingerprint density at radius 2 is 2.25 bits per heavy atom. The number of rotatable bonds is 3. The Morgan fingerprint density at radius 3 is 3.06 bits per heavy atom. The normalized spacial score (nSPS) is 13.3. The highest BCUT2D eigenvalue weighted by Crippen LogP contribution is 2.16. The first kappa shape index (κ1) is 11.0. The Morgan fingerprint density at radius 1 is 1.44 bits per heavy atom. The summed E-state index contributed by atoms with van der Waals surface area (Å²) in [5.41, 5.74) is 3.78. The van der Waals surface area contributed by atoms with E-state index in [-0.39, 0.29) is 6.09 Å². The maximum Gasteiger partial charge on any atom is 0.407 e. The second-order valence-corrected chi connectivity index (χ2v) is 3.78. The van der Waals surface area contributed by atoms with Crippen molar-refractivity contribution in [1.82, 2.24) is 10.6 Å². The molecule has 0 spiro atoms. The van der Waals surface area contributed by atoms with Crippen molar-refractivity contribution in [3.05, 3.63) is 34.9 Å². The van der Waals surface area contributed by atoms with Gasteiger partial charge in [-0.25, -0.2) is 4.79 Å². The fraction of sp³-hybridized carbons (Fsp3) is 0.417.